The molecule has 2 heterocycles. The average Bonchev–Trinajstić information content (AvgIpc) is 3.52. The van der Waals surface area contributed by atoms with E-state index < -0.39 is 58.6 Å². The van der Waals surface area contributed by atoms with Crippen molar-refractivity contribution in [3.63, 3.8) is 0 Å². The second kappa shape index (κ2) is 10.8. The molecule has 218 valence electrons. The Morgan fingerprint density at radius 2 is 1.92 bits per heavy atom. The standard InChI is InChI=1S/C29H42O10/c1-7-16(2)26(34)39-22(20-11-24(33)35-13-20)12-27(6)17(3)10-23(38-19(5)31)29(15-36-18(4)30)25(27)21(32)8-9-28(29)14-37-28/h11,16-17,21-23,25,32H,7-10,12-15H2,1-6H3/t16-,17+,21+,22-,23-,25+,27-,28-,29+/m0/s1. The van der Waals surface area contributed by atoms with E-state index in [9.17, 15) is 24.3 Å². The maximum atomic E-state index is 13.0. The van der Waals surface area contributed by atoms with Crippen molar-refractivity contribution in [2.24, 2.45) is 28.6 Å². The molecule has 0 aromatic heterocycles. The molecule has 39 heavy (non-hydrogen) atoms. The van der Waals surface area contributed by atoms with E-state index in [1.807, 2.05) is 20.8 Å². The quantitative estimate of drug-likeness (QED) is 0.259. The third kappa shape index (κ3) is 5.22. The monoisotopic (exact) mass is 550 g/mol. The highest BCUT2D eigenvalue weighted by molar-refractivity contribution is 5.85. The van der Waals surface area contributed by atoms with Crippen molar-refractivity contribution in [1.82, 2.24) is 0 Å². The van der Waals surface area contributed by atoms with E-state index in [-0.39, 0.29) is 31.0 Å². The van der Waals surface area contributed by atoms with Crippen LogP contribution in [-0.4, -0.2) is 72.7 Å². The van der Waals surface area contributed by atoms with Crippen LogP contribution in [0.3, 0.4) is 0 Å². The highest BCUT2D eigenvalue weighted by atomic mass is 16.6. The van der Waals surface area contributed by atoms with Crippen molar-refractivity contribution in [2.75, 3.05) is 19.8 Å². The molecule has 4 rings (SSSR count). The SMILES string of the molecule is CC[C@H](C)C(=O)O[C@@H](C[C@@]1(C)[C@H](C)C[C@H](OC(C)=O)[C@]2(COC(C)=O)[C@@H]1[C@H](O)CC[C@]21CO1)C1=CC(=O)OC1. The van der Waals surface area contributed by atoms with E-state index in [0.29, 0.717) is 44.3 Å². The van der Waals surface area contributed by atoms with Gasteiger partial charge in [0, 0.05) is 31.4 Å². The van der Waals surface area contributed by atoms with Crippen molar-refractivity contribution in [1.29, 1.82) is 0 Å². The lowest BCUT2D eigenvalue weighted by Crippen LogP contribution is -2.70. The molecule has 1 N–H and O–H groups in total. The van der Waals surface area contributed by atoms with Gasteiger partial charge in [-0.2, -0.15) is 0 Å². The zero-order valence-electron chi connectivity index (χ0n) is 23.8. The molecule has 0 aromatic rings. The van der Waals surface area contributed by atoms with Crippen molar-refractivity contribution in [3.05, 3.63) is 11.6 Å². The van der Waals surface area contributed by atoms with Crippen LogP contribution in [0.25, 0.3) is 0 Å². The van der Waals surface area contributed by atoms with Gasteiger partial charge >= 0.3 is 23.9 Å². The van der Waals surface area contributed by atoms with Gasteiger partial charge in [0.05, 0.1) is 24.0 Å². The predicted octanol–water partition coefficient (Wildman–Crippen LogP) is 2.88. The van der Waals surface area contributed by atoms with Gasteiger partial charge in [-0.3, -0.25) is 14.4 Å². The summed E-state index contributed by atoms with van der Waals surface area (Å²) in [6.45, 7) is 10.8. The summed E-state index contributed by atoms with van der Waals surface area (Å²) in [6.07, 6.45) is 1.48. The minimum atomic E-state index is -1.01. The number of esters is 4. The smallest absolute Gasteiger partial charge is 0.331 e. The number of hydrogen-bond donors (Lipinski definition) is 1. The number of aliphatic hydroxyl groups is 1. The number of carbonyl (C=O) groups is 4. The molecule has 4 aliphatic rings. The second-order valence-corrected chi connectivity index (χ2v) is 12.2. The van der Waals surface area contributed by atoms with Crippen LogP contribution >= 0.6 is 0 Å². The number of epoxide rings is 1. The third-order valence-corrected chi connectivity index (χ3v) is 9.92. The Kier molecular flexibility index (Phi) is 8.21. The number of rotatable bonds is 9. The first-order valence-corrected chi connectivity index (χ1v) is 14.0. The van der Waals surface area contributed by atoms with Gasteiger partial charge in [-0.05, 0) is 43.4 Å². The van der Waals surface area contributed by atoms with Crippen molar-refractivity contribution >= 4 is 23.9 Å². The van der Waals surface area contributed by atoms with E-state index in [4.69, 9.17) is 23.7 Å². The lowest BCUT2D eigenvalue weighted by molar-refractivity contribution is -0.255. The number of cyclic esters (lactones) is 1. The number of fused-ring (bicyclic) bond motifs is 2. The van der Waals surface area contributed by atoms with Crippen LogP contribution in [-0.2, 0) is 42.9 Å². The Hall–Kier alpha value is -2.46. The largest absolute Gasteiger partial charge is 0.465 e. The topological polar surface area (TPSA) is 138 Å². The molecule has 10 heteroatoms. The molecule has 1 spiro atoms. The summed E-state index contributed by atoms with van der Waals surface area (Å²) in [4.78, 5) is 49.3. The minimum absolute atomic E-state index is 0.0245. The van der Waals surface area contributed by atoms with E-state index in [1.165, 1.54) is 19.9 Å². The van der Waals surface area contributed by atoms with Gasteiger partial charge in [-0.1, -0.05) is 27.7 Å². The summed E-state index contributed by atoms with van der Waals surface area (Å²) in [5.74, 6) is -2.76. The first kappa shape index (κ1) is 29.5. The summed E-state index contributed by atoms with van der Waals surface area (Å²) in [5.41, 5.74) is -1.85. The van der Waals surface area contributed by atoms with Crippen LogP contribution in [0.1, 0.15) is 73.6 Å². The molecule has 9 atom stereocenters. The van der Waals surface area contributed by atoms with Crippen LogP contribution in [0.2, 0.25) is 0 Å². The summed E-state index contributed by atoms with van der Waals surface area (Å²) >= 11 is 0. The van der Waals surface area contributed by atoms with Gasteiger partial charge in [-0.15, -0.1) is 0 Å². The van der Waals surface area contributed by atoms with Crippen molar-refractivity contribution in [3.8, 4) is 0 Å². The molecule has 10 nitrogen and oxygen atoms in total. The molecule has 0 bridgehead atoms. The number of carbonyl (C=O) groups excluding carboxylic acids is 4. The molecule has 2 saturated carbocycles. The van der Waals surface area contributed by atoms with E-state index in [0.717, 1.165) is 0 Å². The highest BCUT2D eigenvalue weighted by Gasteiger charge is 2.77. The molecular formula is C29H42O10. The third-order valence-electron chi connectivity index (χ3n) is 9.92. The van der Waals surface area contributed by atoms with Gasteiger partial charge in [0.25, 0.3) is 0 Å². The van der Waals surface area contributed by atoms with Crippen LogP contribution in [0.15, 0.2) is 11.6 Å². The Bertz CT molecular complexity index is 1030. The second-order valence-electron chi connectivity index (χ2n) is 12.2. The van der Waals surface area contributed by atoms with E-state index in [1.54, 1.807) is 6.92 Å². The Morgan fingerprint density at radius 3 is 2.46 bits per heavy atom. The summed E-state index contributed by atoms with van der Waals surface area (Å²) in [7, 11) is 0. The molecule has 1 saturated heterocycles. The first-order valence-electron chi connectivity index (χ1n) is 14.0. The molecule has 0 unspecified atom stereocenters. The molecule has 2 aliphatic carbocycles. The fraction of sp³-hybridized carbons (Fsp3) is 0.793. The van der Waals surface area contributed by atoms with Gasteiger partial charge in [0.2, 0.25) is 0 Å². The highest BCUT2D eigenvalue weighted by Crippen LogP contribution is 2.69. The zero-order valence-corrected chi connectivity index (χ0v) is 23.8. The van der Waals surface area contributed by atoms with E-state index >= 15 is 0 Å². The summed E-state index contributed by atoms with van der Waals surface area (Å²) in [6, 6.07) is 0. The maximum Gasteiger partial charge on any atom is 0.331 e. The van der Waals surface area contributed by atoms with Gasteiger partial charge in [-0.25, -0.2) is 4.79 Å². The molecule has 0 amide bonds. The minimum Gasteiger partial charge on any atom is -0.465 e. The van der Waals surface area contributed by atoms with Crippen LogP contribution in [0.5, 0.6) is 0 Å². The molecule has 0 aromatic carbocycles. The van der Waals surface area contributed by atoms with Crippen molar-refractivity contribution in [2.45, 2.75) is 97.6 Å². The van der Waals surface area contributed by atoms with Gasteiger partial charge in [0.1, 0.15) is 31.0 Å². The zero-order chi connectivity index (χ0) is 28.8. The number of ether oxygens (including phenoxy) is 5. The Balaban J connectivity index is 1.81. The number of hydrogen-bond acceptors (Lipinski definition) is 10. The first-order chi connectivity index (χ1) is 18.3. The number of aliphatic hydroxyl groups excluding tert-OH is 1. The van der Waals surface area contributed by atoms with Crippen molar-refractivity contribution < 1.29 is 48.0 Å². The van der Waals surface area contributed by atoms with Crippen LogP contribution in [0, 0.1) is 28.6 Å². The molecule has 0 radical (unpaired) electrons. The summed E-state index contributed by atoms with van der Waals surface area (Å²) < 4.78 is 28.9. The van der Waals surface area contributed by atoms with Gasteiger partial charge < -0.3 is 28.8 Å². The fourth-order valence-electron chi connectivity index (χ4n) is 7.40. The average molecular weight is 551 g/mol. The van der Waals surface area contributed by atoms with Crippen LogP contribution in [0.4, 0.5) is 0 Å². The Labute approximate surface area is 229 Å². The Morgan fingerprint density at radius 1 is 1.23 bits per heavy atom. The lowest BCUT2D eigenvalue weighted by Gasteiger charge is -2.64. The fourth-order valence-corrected chi connectivity index (χ4v) is 7.40. The normalized spacial score (nSPS) is 38.6. The van der Waals surface area contributed by atoms with Gasteiger partial charge in [0.15, 0.2) is 0 Å². The summed E-state index contributed by atoms with van der Waals surface area (Å²) in [5, 5.41) is 11.7. The molecular weight excluding hydrogens is 508 g/mol. The molecule has 2 aliphatic heterocycles. The maximum absolute atomic E-state index is 13.0. The van der Waals surface area contributed by atoms with Crippen LogP contribution < -0.4 is 0 Å². The van der Waals surface area contributed by atoms with E-state index in [2.05, 4.69) is 0 Å². The molecule has 3 fully saturated rings. The lowest BCUT2D eigenvalue weighted by atomic mass is 9.42. The predicted molar refractivity (Wildman–Crippen MR) is 137 cm³/mol.